The number of rotatable bonds is 4. The van der Waals surface area contributed by atoms with E-state index in [0.717, 1.165) is 31.6 Å². The highest BCUT2D eigenvalue weighted by atomic mass is 35.5. The molecule has 1 aromatic rings. The zero-order valence-electron chi connectivity index (χ0n) is 13.2. The molecule has 3 rings (SSSR count). The molecule has 2 aliphatic rings. The van der Waals surface area contributed by atoms with Crippen molar-refractivity contribution in [2.45, 2.75) is 56.5 Å². The summed E-state index contributed by atoms with van der Waals surface area (Å²) in [5.74, 6) is 0.200. The van der Waals surface area contributed by atoms with Gasteiger partial charge in [0.15, 0.2) is 0 Å². The van der Waals surface area contributed by atoms with Crippen LogP contribution in [0.3, 0.4) is 0 Å². The SMILES string of the molecule is CCC(=O)N(c1ccccc1)C1CC(Cl)CC1N1CCCC1. The van der Waals surface area contributed by atoms with Crippen molar-refractivity contribution in [2.24, 2.45) is 0 Å². The highest BCUT2D eigenvalue weighted by Gasteiger charge is 2.42. The van der Waals surface area contributed by atoms with Crippen LogP contribution in [0.15, 0.2) is 30.3 Å². The summed E-state index contributed by atoms with van der Waals surface area (Å²) in [6.45, 7) is 4.23. The zero-order chi connectivity index (χ0) is 15.5. The van der Waals surface area contributed by atoms with E-state index in [1.54, 1.807) is 0 Å². The Labute approximate surface area is 138 Å². The standard InChI is InChI=1S/C18H25ClN2O/c1-2-18(22)21(15-8-4-3-5-9-15)17-13-14(19)12-16(17)20-10-6-7-11-20/h3-5,8-9,14,16-17H,2,6-7,10-13H2,1H3. The van der Waals surface area contributed by atoms with Crippen LogP contribution < -0.4 is 4.90 Å². The van der Waals surface area contributed by atoms with Crippen LogP contribution in [0.5, 0.6) is 0 Å². The van der Waals surface area contributed by atoms with Gasteiger partial charge in [0.25, 0.3) is 0 Å². The van der Waals surface area contributed by atoms with Crippen LogP contribution in [0.2, 0.25) is 0 Å². The maximum absolute atomic E-state index is 12.6. The molecule has 0 N–H and O–H groups in total. The van der Waals surface area contributed by atoms with Crippen molar-refractivity contribution in [1.82, 2.24) is 4.90 Å². The lowest BCUT2D eigenvalue weighted by Crippen LogP contribution is -2.50. The van der Waals surface area contributed by atoms with E-state index in [-0.39, 0.29) is 17.3 Å². The minimum Gasteiger partial charge on any atom is -0.308 e. The lowest BCUT2D eigenvalue weighted by atomic mass is 10.1. The molecule has 1 aliphatic carbocycles. The maximum Gasteiger partial charge on any atom is 0.227 e. The first kappa shape index (κ1) is 15.8. The summed E-state index contributed by atoms with van der Waals surface area (Å²) in [6.07, 6.45) is 4.95. The summed E-state index contributed by atoms with van der Waals surface area (Å²) < 4.78 is 0. The number of amides is 1. The minimum atomic E-state index is 0.173. The highest BCUT2D eigenvalue weighted by molar-refractivity contribution is 6.21. The van der Waals surface area contributed by atoms with Gasteiger partial charge in [-0.25, -0.2) is 0 Å². The lowest BCUT2D eigenvalue weighted by Gasteiger charge is -2.37. The first-order valence-corrected chi connectivity index (χ1v) is 8.89. The molecule has 3 unspecified atom stereocenters. The van der Waals surface area contributed by atoms with Crippen LogP contribution in [0.25, 0.3) is 0 Å². The summed E-state index contributed by atoms with van der Waals surface area (Å²) in [5.41, 5.74) is 1.01. The van der Waals surface area contributed by atoms with Crippen molar-refractivity contribution in [3.8, 4) is 0 Å². The number of nitrogens with zero attached hydrogens (tertiary/aromatic N) is 2. The number of benzene rings is 1. The summed E-state index contributed by atoms with van der Waals surface area (Å²) in [4.78, 5) is 17.2. The van der Waals surface area contributed by atoms with Crippen LogP contribution >= 0.6 is 11.6 Å². The molecule has 3 nitrogen and oxygen atoms in total. The number of hydrogen-bond donors (Lipinski definition) is 0. The van der Waals surface area contributed by atoms with E-state index in [2.05, 4.69) is 4.90 Å². The van der Waals surface area contributed by atoms with E-state index in [4.69, 9.17) is 11.6 Å². The molecule has 1 aromatic carbocycles. The van der Waals surface area contributed by atoms with E-state index in [9.17, 15) is 4.79 Å². The van der Waals surface area contributed by atoms with Gasteiger partial charge in [0.2, 0.25) is 5.91 Å². The van der Waals surface area contributed by atoms with Crippen LogP contribution in [0, 0.1) is 0 Å². The van der Waals surface area contributed by atoms with E-state index >= 15 is 0 Å². The van der Waals surface area contributed by atoms with Gasteiger partial charge in [0, 0.05) is 23.5 Å². The van der Waals surface area contributed by atoms with Crippen LogP contribution in [-0.4, -0.2) is 41.4 Å². The molecule has 1 aliphatic heterocycles. The van der Waals surface area contributed by atoms with Crippen molar-refractivity contribution >= 4 is 23.2 Å². The monoisotopic (exact) mass is 320 g/mol. The predicted molar refractivity (Wildman–Crippen MR) is 91.5 cm³/mol. The van der Waals surface area contributed by atoms with Gasteiger partial charge in [-0.2, -0.15) is 0 Å². The van der Waals surface area contributed by atoms with E-state index in [1.807, 2.05) is 42.2 Å². The fourth-order valence-corrected chi connectivity index (χ4v) is 4.32. The largest absolute Gasteiger partial charge is 0.308 e. The molecule has 22 heavy (non-hydrogen) atoms. The topological polar surface area (TPSA) is 23.6 Å². The Balaban J connectivity index is 1.89. The van der Waals surface area contributed by atoms with Gasteiger partial charge >= 0.3 is 0 Å². The summed E-state index contributed by atoms with van der Waals surface area (Å²) in [7, 11) is 0. The van der Waals surface area contributed by atoms with Crippen molar-refractivity contribution < 1.29 is 4.79 Å². The number of carbonyl (C=O) groups excluding carboxylic acids is 1. The van der Waals surface area contributed by atoms with Gasteiger partial charge in [-0.1, -0.05) is 25.1 Å². The molecule has 1 saturated carbocycles. The van der Waals surface area contributed by atoms with E-state index in [1.165, 1.54) is 12.8 Å². The van der Waals surface area contributed by atoms with Crippen molar-refractivity contribution in [1.29, 1.82) is 0 Å². The fourth-order valence-electron chi connectivity index (χ4n) is 3.96. The van der Waals surface area contributed by atoms with Gasteiger partial charge < -0.3 is 4.90 Å². The minimum absolute atomic E-state index is 0.173. The molecule has 0 aromatic heterocycles. The average molecular weight is 321 g/mol. The van der Waals surface area contributed by atoms with Crippen molar-refractivity contribution in [3.63, 3.8) is 0 Å². The molecule has 0 spiro atoms. The molecule has 0 radical (unpaired) electrons. The summed E-state index contributed by atoms with van der Waals surface area (Å²) in [5, 5.41) is 0.173. The van der Waals surface area contributed by atoms with Crippen LogP contribution in [-0.2, 0) is 4.79 Å². The Kier molecular flexibility index (Phi) is 5.04. The second-order valence-corrected chi connectivity index (χ2v) is 7.02. The third-order valence-electron chi connectivity index (χ3n) is 4.99. The molecule has 2 fully saturated rings. The van der Waals surface area contributed by atoms with Gasteiger partial charge in [-0.15, -0.1) is 11.6 Å². The van der Waals surface area contributed by atoms with Gasteiger partial charge in [0.05, 0.1) is 6.04 Å². The number of alkyl halides is 1. The molecule has 1 amide bonds. The number of halogens is 1. The average Bonchev–Trinajstić information content (AvgIpc) is 3.18. The zero-order valence-corrected chi connectivity index (χ0v) is 14.0. The smallest absolute Gasteiger partial charge is 0.227 e. The molecule has 4 heteroatoms. The Morgan fingerprint density at radius 3 is 2.55 bits per heavy atom. The first-order valence-electron chi connectivity index (χ1n) is 8.46. The highest BCUT2D eigenvalue weighted by Crippen LogP contribution is 2.36. The van der Waals surface area contributed by atoms with Crippen molar-refractivity contribution in [3.05, 3.63) is 30.3 Å². The second-order valence-electron chi connectivity index (χ2n) is 6.40. The molecule has 120 valence electrons. The molecule has 1 saturated heterocycles. The quantitative estimate of drug-likeness (QED) is 0.790. The molecular weight excluding hydrogens is 296 g/mol. The Morgan fingerprint density at radius 2 is 1.91 bits per heavy atom. The molecule has 3 atom stereocenters. The number of anilines is 1. The summed E-state index contributed by atoms with van der Waals surface area (Å²) >= 11 is 6.49. The van der Waals surface area contributed by atoms with Gasteiger partial charge in [-0.05, 0) is 50.9 Å². The third-order valence-corrected chi connectivity index (χ3v) is 5.34. The van der Waals surface area contributed by atoms with Crippen molar-refractivity contribution in [2.75, 3.05) is 18.0 Å². The number of hydrogen-bond acceptors (Lipinski definition) is 2. The number of para-hydroxylation sites is 1. The second kappa shape index (κ2) is 7.01. The number of carbonyl (C=O) groups is 1. The Hall–Kier alpha value is -1.06. The van der Waals surface area contributed by atoms with E-state index in [0.29, 0.717) is 12.5 Å². The molecule has 0 bridgehead atoms. The third kappa shape index (κ3) is 3.16. The Morgan fingerprint density at radius 1 is 1.23 bits per heavy atom. The lowest BCUT2D eigenvalue weighted by molar-refractivity contribution is -0.119. The first-order chi connectivity index (χ1) is 10.7. The van der Waals surface area contributed by atoms with Crippen LogP contribution in [0.1, 0.15) is 39.0 Å². The molecule has 1 heterocycles. The summed E-state index contributed by atoms with van der Waals surface area (Å²) in [6, 6.07) is 10.7. The fraction of sp³-hybridized carbons (Fsp3) is 0.611. The van der Waals surface area contributed by atoms with Gasteiger partial charge in [0.1, 0.15) is 0 Å². The van der Waals surface area contributed by atoms with Crippen LogP contribution in [0.4, 0.5) is 5.69 Å². The normalized spacial score (nSPS) is 28.9. The maximum atomic E-state index is 12.6. The number of likely N-dealkylation sites (tertiary alicyclic amines) is 1. The van der Waals surface area contributed by atoms with E-state index < -0.39 is 0 Å². The Bertz CT molecular complexity index is 501. The van der Waals surface area contributed by atoms with Gasteiger partial charge in [-0.3, -0.25) is 9.69 Å². The predicted octanol–water partition coefficient (Wildman–Crippen LogP) is 3.66. The molecular formula is C18H25ClN2O.